The number of rotatable bonds is 5. The molecular weight excluding hydrogens is 367 g/mol. The molecule has 0 amide bonds. The van der Waals surface area contributed by atoms with E-state index in [1.165, 1.54) is 12.1 Å². The number of nitrogens with two attached hydrogens (primary N) is 1. The van der Waals surface area contributed by atoms with Crippen LogP contribution in [0.5, 0.6) is 0 Å². The molecule has 0 bridgehead atoms. The van der Waals surface area contributed by atoms with Crippen LogP contribution in [0.25, 0.3) is 22.2 Å². The van der Waals surface area contributed by atoms with Crippen LogP contribution in [0.2, 0.25) is 0 Å². The van der Waals surface area contributed by atoms with Crippen LogP contribution in [-0.2, 0) is 0 Å². The van der Waals surface area contributed by atoms with Gasteiger partial charge in [0.1, 0.15) is 16.9 Å². The Kier molecular flexibility index (Phi) is 4.64. The summed E-state index contributed by atoms with van der Waals surface area (Å²) in [4.78, 5) is 4.32. The van der Waals surface area contributed by atoms with Crippen LogP contribution < -0.4 is 11.1 Å². The molecule has 2 aromatic carbocycles. The molecule has 0 saturated carbocycles. The Hall–Kier alpha value is -3.12. The lowest BCUT2D eigenvalue weighted by Gasteiger charge is -2.13. The van der Waals surface area contributed by atoms with Crippen molar-refractivity contribution in [2.75, 3.05) is 17.6 Å². The van der Waals surface area contributed by atoms with Crippen molar-refractivity contribution in [3.63, 3.8) is 0 Å². The number of hydrogen-bond donors (Lipinski definition) is 2. The van der Waals surface area contributed by atoms with Crippen LogP contribution >= 0.6 is 11.6 Å². The molecular formula is C20H16ClFN4O. The fourth-order valence-electron chi connectivity index (χ4n) is 2.84. The third-order valence-electron chi connectivity index (χ3n) is 4.24. The van der Waals surface area contributed by atoms with E-state index in [-0.39, 0.29) is 5.82 Å². The third kappa shape index (κ3) is 3.57. The molecule has 0 spiro atoms. The Morgan fingerprint density at radius 1 is 1.15 bits per heavy atom. The molecule has 0 fully saturated rings. The number of pyridine rings is 1. The molecule has 4 rings (SSSR count). The Morgan fingerprint density at radius 3 is 2.74 bits per heavy atom. The number of benzene rings is 2. The molecule has 0 aliphatic rings. The number of nitrogen functional groups attached to an aromatic ring is 1. The lowest BCUT2D eigenvalue weighted by atomic mass is 10.1. The van der Waals surface area contributed by atoms with E-state index in [0.717, 1.165) is 22.2 Å². The Morgan fingerprint density at radius 2 is 1.93 bits per heavy atom. The van der Waals surface area contributed by atoms with Crippen molar-refractivity contribution in [3.8, 4) is 11.3 Å². The van der Waals surface area contributed by atoms with Gasteiger partial charge in [0.15, 0.2) is 5.76 Å². The highest BCUT2D eigenvalue weighted by molar-refractivity contribution is 6.21. The second kappa shape index (κ2) is 7.25. The Labute approximate surface area is 160 Å². The SMILES string of the molecule is Nc1cnc2ccccc2c1NCC(Cl)c1cc(-c2ccc(F)cc2)no1. The van der Waals surface area contributed by atoms with Crippen LogP contribution in [0.4, 0.5) is 15.8 Å². The zero-order valence-corrected chi connectivity index (χ0v) is 14.9. The van der Waals surface area contributed by atoms with Gasteiger partial charge in [0.2, 0.25) is 0 Å². The number of hydrogen-bond acceptors (Lipinski definition) is 5. The Bertz CT molecular complexity index is 1080. The van der Waals surface area contributed by atoms with E-state index in [1.807, 2.05) is 24.3 Å². The minimum Gasteiger partial charge on any atom is -0.396 e. The van der Waals surface area contributed by atoms with Gasteiger partial charge < -0.3 is 15.6 Å². The molecule has 2 aromatic heterocycles. The van der Waals surface area contributed by atoms with Gasteiger partial charge in [-0.2, -0.15) is 0 Å². The molecule has 27 heavy (non-hydrogen) atoms. The molecule has 1 unspecified atom stereocenters. The van der Waals surface area contributed by atoms with Gasteiger partial charge in [0.25, 0.3) is 0 Å². The molecule has 5 nitrogen and oxygen atoms in total. The molecule has 0 saturated heterocycles. The standard InChI is InChI=1S/C20H16ClFN4O/c21-15(19-9-18(26-27-19)12-5-7-13(22)8-6-12)10-25-20-14-3-1-2-4-17(14)24-11-16(20)23/h1-9,11,15H,10,23H2,(H,24,25). The summed E-state index contributed by atoms with van der Waals surface area (Å²) in [5.41, 5.74) is 9.60. The average Bonchev–Trinajstić information content (AvgIpc) is 3.18. The number of fused-ring (bicyclic) bond motifs is 1. The van der Waals surface area contributed by atoms with Gasteiger partial charge >= 0.3 is 0 Å². The maximum Gasteiger partial charge on any atom is 0.156 e. The van der Waals surface area contributed by atoms with Crippen molar-refractivity contribution in [3.05, 3.63) is 72.4 Å². The summed E-state index contributed by atoms with van der Waals surface area (Å²) < 4.78 is 18.4. The molecule has 0 radical (unpaired) electrons. The van der Waals surface area contributed by atoms with Gasteiger partial charge in [0, 0.05) is 23.6 Å². The highest BCUT2D eigenvalue weighted by atomic mass is 35.5. The van der Waals surface area contributed by atoms with Gasteiger partial charge in [-0.1, -0.05) is 23.4 Å². The number of alkyl halides is 1. The Balaban J connectivity index is 1.51. The predicted molar refractivity (Wildman–Crippen MR) is 105 cm³/mol. The number of aromatic nitrogens is 2. The summed E-state index contributed by atoms with van der Waals surface area (Å²) in [6.07, 6.45) is 1.62. The smallest absolute Gasteiger partial charge is 0.156 e. The number of nitrogens with one attached hydrogen (secondary N) is 1. The molecule has 136 valence electrons. The van der Waals surface area contributed by atoms with Crippen LogP contribution in [0.3, 0.4) is 0 Å². The molecule has 2 heterocycles. The molecule has 7 heteroatoms. The van der Waals surface area contributed by atoms with E-state index in [9.17, 15) is 4.39 Å². The van der Waals surface area contributed by atoms with Crippen molar-refractivity contribution in [1.29, 1.82) is 0 Å². The fourth-order valence-corrected chi connectivity index (χ4v) is 3.02. The molecule has 1 atom stereocenters. The van der Waals surface area contributed by atoms with E-state index in [0.29, 0.717) is 23.7 Å². The van der Waals surface area contributed by atoms with E-state index in [1.54, 1.807) is 24.4 Å². The minimum absolute atomic E-state index is 0.302. The minimum atomic E-state index is -0.460. The van der Waals surface area contributed by atoms with Crippen molar-refractivity contribution in [1.82, 2.24) is 10.1 Å². The molecule has 0 aliphatic carbocycles. The second-order valence-corrected chi connectivity index (χ2v) is 6.60. The van der Waals surface area contributed by atoms with Gasteiger partial charge in [-0.25, -0.2) is 4.39 Å². The van der Waals surface area contributed by atoms with Crippen molar-refractivity contribution >= 4 is 33.9 Å². The number of anilines is 2. The third-order valence-corrected chi connectivity index (χ3v) is 4.61. The fraction of sp³-hybridized carbons (Fsp3) is 0.100. The van der Waals surface area contributed by atoms with Crippen molar-refractivity contribution < 1.29 is 8.91 Å². The lowest BCUT2D eigenvalue weighted by Crippen LogP contribution is -2.10. The van der Waals surface area contributed by atoms with Gasteiger partial charge in [-0.3, -0.25) is 4.98 Å². The number of nitrogens with zero attached hydrogens (tertiary/aromatic N) is 2. The van der Waals surface area contributed by atoms with Gasteiger partial charge in [0.05, 0.1) is 23.1 Å². The van der Waals surface area contributed by atoms with Crippen LogP contribution in [0, 0.1) is 5.82 Å². The topological polar surface area (TPSA) is 77.0 Å². The summed E-state index contributed by atoms with van der Waals surface area (Å²) in [6.45, 7) is 0.387. The number of halogens is 2. The lowest BCUT2D eigenvalue weighted by molar-refractivity contribution is 0.384. The second-order valence-electron chi connectivity index (χ2n) is 6.08. The largest absolute Gasteiger partial charge is 0.396 e. The quantitative estimate of drug-likeness (QED) is 0.475. The molecule has 4 aromatic rings. The van der Waals surface area contributed by atoms with Gasteiger partial charge in [-0.05, 0) is 30.3 Å². The van der Waals surface area contributed by atoms with E-state index >= 15 is 0 Å². The summed E-state index contributed by atoms with van der Waals surface area (Å²) in [5, 5.41) is 7.75. The number of para-hydroxylation sites is 1. The van der Waals surface area contributed by atoms with Gasteiger partial charge in [-0.15, -0.1) is 11.6 Å². The van der Waals surface area contributed by atoms with E-state index in [4.69, 9.17) is 21.9 Å². The highest BCUT2D eigenvalue weighted by Crippen LogP contribution is 2.30. The normalized spacial score (nSPS) is 12.2. The summed E-state index contributed by atoms with van der Waals surface area (Å²) in [5.74, 6) is 0.212. The monoisotopic (exact) mass is 382 g/mol. The first-order chi connectivity index (χ1) is 13.1. The highest BCUT2D eigenvalue weighted by Gasteiger charge is 2.16. The summed E-state index contributed by atoms with van der Waals surface area (Å²) in [7, 11) is 0. The van der Waals surface area contributed by atoms with Crippen LogP contribution in [0.1, 0.15) is 11.1 Å². The summed E-state index contributed by atoms with van der Waals surface area (Å²) in [6, 6.07) is 15.5. The summed E-state index contributed by atoms with van der Waals surface area (Å²) >= 11 is 6.47. The average molecular weight is 383 g/mol. The first-order valence-corrected chi connectivity index (χ1v) is 8.79. The van der Waals surface area contributed by atoms with Crippen molar-refractivity contribution in [2.24, 2.45) is 0 Å². The molecule has 0 aliphatic heterocycles. The van der Waals surface area contributed by atoms with Crippen LogP contribution in [-0.4, -0.2) is 16.7 Å². The first kappa shape index (κ1) is 17.3. The van der Waals surface area contributed by atoms with Crippen LogP contribution in [0.15, 0.2) is 65.3 Å². The predicted octanol–water partition coefficient (Wildman–Crippen LogP) is 5.00. The van der Waals surface area contributed by atoms with Crippen molar-refractivity contribution in [2.45, 2.75) is 5.38 Å². The van der Waals surface area contributed by atoms with E-state index < -0.39 is 5.38 Å². The van der Waals surface area contributed by atoms with E-state index in [2.05, 4.69) is 15.5 Å². The zero-order valence-electron chi connectivity index (χ0n) is 14.2. The zero-order chi connectivity index (χ0) is 18.8. The maximum atomic E-state index is 13.1. The molecule has 3 N–H and O–H groups in total. The maximum absolute atomic E-state index is 13.1. The first-order valence-electron chi connectivity index (χ1n) is 8.35.